The Balaban J connectivity index is 0.897. The average molecular weight is 878 g/mol. The van der Waals surface area contributed by atoms with Gasteiger partial charge in [-0.1, -0.05) is 43.2 Å². The molecule has 4 aliphatic rings. The smallest absolute Gasteiger partial charge is 0.293 e. The standard InChI is InChI=1S/C47H53ClN8O5S/c1-47(2)12-9-33(41(28-47)31-3-5-35(48)6-4-31)30-54-15-17-55(18-16-54)37-7-8-40(43(26-37)61-38-24-32-10-13-49-45(32)50-29-38)46(57)52-62-39-25-34-23-36(11-14-53-19-21-60-22-20-53)51-44(34)42(27-39)56(58)59/h3-8,10,13,24-27,29,36,51H,9,11-12,14-23,28,30H2,1-2H3,(H,49,50)(H,52,57)/t36-/m1/s1. The van der Waals surface area contributed by atoms with E-state index in [9.17, 15) is 14.9 Å². The number of anilines is 2. The Labute approximate surface area is 371 Å². The molecule has 0 radical (unpaired) electrons. The molecule has 0 spiro atoms. The first-order valence-corrected chi connectivity index (χ1v) is 22.8. The lowest BCUT2D eigenvalue weighted by Crippen LogP contribution is -2.47. The maximum Gasteiger partial charge on any atom is 0.293 e. The van der Waals surface area contributed by atoms with Gasteiger partial charge < -0.3 is 24.7 Å². The van der Waals surface area contributed by atoms with Crippen molar-refractivity contribution in [3.8, 4) is 11.5 Å². The number of pyridine rings is 1. The molecule has 0 saturated carbocycles. The summed E-state index contributed by atoms with van der Waals surface area (Å²) in [6.07, 6.45) is 8.34. The molecular formula is C47H53ClN8O5S. The van der Waals surface area contributed by atoms with E-state index < -0.39 is 0 Å². The normalized spacial score (nSPS) is 19.3. The van der Waals surface area contributed by atoms with E-state index in [1.807, 2.05) is 48.7 Å². The molecule has 9 rings (SSSR count). The minimum Gasteiger partial charge on any atom is -0.455 e. The summed E-state index contributed by atoms with van der Waals surface area (Å²) in [6.45, 7) is 13.3. The lowest BCUT2D eigenvalue weighted by molar-refractivity contribution is -0.384. The number of amides is 1. The summed E-state index contributed by atoms with van der Waals surface area (Å²) in [5, 5.41) is 17.3. The maximum atomic E-state index is 14.0. The van der Waals surface area contributed by atoms with Gasteiger partial charge in [0, 0.05) is 97.7 Å². The Morgan fingerprint density at radius 3 is 2.63 bits per heavy atom. The number of nitrogens with one attached hydrogen (secondary N) is 3. The number of carbonyl (C=O) groups excluding carboxylic acids is 1. The van der Waals surface area contributed by atoms with Crippen LogP contribution in [0.25, 0.3) is 16.6 Å². The average Bonchev–Trinajstić information content (AvgIpc) is 3.93. The number of hydrogen-bond donors (Lipinski definition) is 3. The zero-order chi connectivity index (χ0) is 42.8. The number of ether oxygens (including phenoxy) is 2. The number of aromatic amines is 1. The molecule has 5 aromatic rings. The fourth-order valence-electron chi connectivity index (χ4n) is 9.19. The number of piperazine rings is 1. The van der Waals surface area contributed by atoms with Crippen LogP contribution in [0.2, 0.25) is 5.02 Å². The van der Waals surface area contributed by atoms with E-state index in [4.69, 9.17) is 21.1 Å². The van der Waals surface area contributed by atoms with Gasteiger partial charge in [-0.2, -0.15) is 0 Å². The number of benzene rings is 3. The highest BCUT2D eigenvalue weighted by molar-refractivity contribution is 7.98. The predicted octanol–water partition coefficient (Wildman–Crippen LogP) is 9.20. The van der Waals surface area contributed by atoms with E-state index >= 15 is 0 Å². The fraction of sp³-hybridized carbons (Fsp3) is 0.404. The number of nitro groups is 1. The third-order valence-corrected chi connectivity index (χ3v) is 13.7. The number of nitro benzene ring substituents is 1. The first-order valence-electron chi connectivity index (χ1n) is 21.6. The van der Waals surface area contributed by atoms with Gasteiger partial charge in [-0.15, -0.1) is 0 Å². The van der Waals surface area contributed by atoms with Crippen LogP contribution in [0.4, 0.5) is 17.1 Å². The monoisotopic (exact) mass is 876 g/mol. The van der Waals surface area contributed by atoms with Crippen LogP contribution in [0, 0.1) is 15.5 Å². The van der Waals surface area contributed by atoms with Gasteiger partial charge in [0.05, 0.1) is 29.9 Å². The molecule has 3 aliphatic heterocycles. The number of H-pyrrole nitrogens is 1. The quantitative estimate of drug-likeness (QED) is 0.0593. The van der Waals surface area contributed by atoms with E-state index in [2.05, 4.69) is 60.7 Å². The van der Waals surface area contributed by atoms with Gasteiger partial charge in [-0.3, -0.25) is 29.4 Å². The van der Waals surface area contributed by atoms with Gasteiger partial charge in [0.2, 0.25) is 0 Å². The van der Waals surface area contributed by atoms with Crippen molar-refractivity contribution in [2.24, 2.45) is 5.41 Å². The molecule has 2 fully saturated rings. The third kappa shape index (κ3) is 9.74. The van der Waals surface area contributed by atoms with Crippen LogP contribution in [0.5, 0.6) is 11.5 Å². The zero-order valence-electron chi connectivity index (χ0n) is 35.3. The SMILES string of the molecule is CC1(C)CCC(CN2CCN(c3ccc(C(=O)NSc4cc5c(c([N+](=O)[O-])c4)N[C@H](CCN4CCOCC4)C5)c(Oc4cnc5[nH]ccc5c4)c3)CC2)=C(c2ccc(Cl)cc2)C1. The third-order valence-electron chi connectivity index (χ3n) is 12.7. The molecule has 2 saturated heterocycles. The highest BCUT2D eigenvalue weighted by atomic mass is 35.5. The van der Waals surface area contributed by atoms with Gasteiger partial charge in [-0.05, 0) is 109 Å². The van der Waals surface area contributed by atoms with E-state index in [0.717, 1.165) is 124 Å². The number of fused-ring (bicyclic) bond motifs is 2. The van der Waals surface area contributed by atoms with Crippen molar-refractivity contribution in [2.45, 2.75) is 56.9 Å². The number of halogens is 1. The number of rotatable bonds is 13. The van der Waals surface area contributed by atoms with Gasteiger partial charge in [-0.25, -0.2) is 4.98 Å². The first kappa shape index (κ1) is 42.2. The van der Waals surface area contributed by atoms with Crippen LogP contribution in [0.3, 0.4) is 0 Å². The molecule has 324 valence electrons. The molecule has 2 aromatic heterocycles. The van der Waals surface area contributed by atoms with Crippen molar-refractivity contribution in [1.82, 2.24) is 24.5 Å². The largest absolute Gasteiger partial charge is 0.455 e. The molecule has 3 aromatic carbocycles. The van der Waals surface area contributed by atoms with E-state index in [1.54, 1.807) is 12.3 Å². The van der Waals surface area contributed by atoms with Crippen molar-refractivity contribution < 1.29 is 19.2 Å². The second-order valence-corrected chi connectivity index (χ2v) is 18.9. The van der Waals surface area contributed by atoms with Crippen LogP contribution in [0.1, 0.15) is 61.0 Å². The molecule has 15 heteroatoms. The van der Waals surface area contributed by atoms with E-state index in [1.165, 1.54) is 29.2 Å². The van der Waals surface area contributed by atoms with Gasteiger partial charge >= 0.3 is 0 Å². The van der Waals surface area contributed by atoms with Gasteiger partial charge in [0.1, 0.15) is 22.8 Å². The first-order chi connectivity index (χ1) is 30.0. The second-order valence-electron chi connectivity index (χ2n) is 17.6. The predicted molar refractivity (Wildman–Crippen MR) is 247 cm³/mol. The number of nitrogens with zero attached hydrogens (tertiary/aromatic N) is 5. The Bertz CT molecular complexity index is 2480. The van der Waals surface area contributed by atoms with Crippen LogP contribution < -0.4 is 19.7 Å². The number of allylic oxidation sites excluding steroid dienone is 1. The molecule has 5 heterocycles. The van der Waals surface area contributed by atoms with E-state index in [-0.39, 0.29) is 28.0 Å². The fourth-order valence-corrected chi connectivity index (χ4v) is 10.0. The van der Waals surface area contributed by atoms with Crippen molar-refractivity contribution in [3.63, 3.8) is 0 Å². The summed E-state index contributed by atoms with van der Waals surface area (Å²) >= 11 is 7.33. The summed E-state index contributed by atoms with van der Waals surface area (Å²) in [4.78, 5) is 41.4. The van der Waals surface area contributed by atoms with Crippen LogP contribution in [-0.2, 0) is 11.2 Å². The molecule has 1 aliphatic carbocycles. The van der Waals surface area contributed by atoms with E-state index in [0.29, 0.717) is 34.1 Å². The molecule has 0 bridgehead atoms. The summed E-state index contributed by atoms with van der Waals surface area (Å²) in [7, 11) is 0. The number of aromatic nitrogens is 2. The Hall–Kier alpha value is -5.12. The minimum absolute atomic E-state index is 0.00986. The Morgan fingerprint density at radius 1 is 1.03 bits per heavy atom. The highest BCUT2D eigenvalue weighted by Crippen LogP contribution is 2.44. The summed E-state index contributed by atoms with van der Waals surface area (Å²) in [6, 6.07) is 21.4. The van der Waals surface area contributed by atoms with Crippen LogP contribution in [-0.4, -0.2) is 102 Å². The molecule has 13 nitrogen and oxygen atoms in total. The van der Waals surface area contributed by atoms with Crippen molar-refractivity contribution >= 4 is 63.1 Å². The summed E-state index contributed by atoms with van der Waals surface area (Å²) < 4.78 is 14.9. The molecule has 1 amide bonds. The van der Waals surface area contributed by atoms with Crippen molar-refractivity contribution in [3.05, 3.63) is 117 Å². The molecule has 1 atom stereocenters. The maximum absolute atomic E-state index is 14.0. The number of morpholine rings is 1. The summed E-state index contributed by atoms with van der Waals surface area (Å²) in [5.74, 6) is 0.530. The van der Waals surface area contributed by atoms with Crippen molar-refractivity contribution in [2.75, 3.05) is 75.8 Å². The van der Waals surface area contributed by atoms with Gasteiger partial charge in [0.15, 0.2) is 0 Å². The molecule has 62 heavy (non-hydrogen) atoms. The van der Waals surface area contributed by atoms with Crippen molar-refractivity contribution in [1.29, 1.82) is 0 Å². The molecule has 0 unspecified atom stereocenters. The minimum atomic E-state index is -0.373. The van der Waals surface area contributed by atoms with Crippen LogP contribution >= 0.6 is 23.5 Å². The Morgan fingerprint density at radius 2 is 1.84 bits per heavy atom. The topological polar surface area (TPSA) is 141 Å². The number of hydrogen-bond acceptors (Lipinski definition) is 11. The Kier molecular flexibility index (Phi) is 12.5. The second kappa shape index (κ2) is 18.3. The summed E-state index contributed by atoms with van der Waals surface area (Å²) in [5.41, 5.74) is 8.01. The highest BCUT2D eigenvalue weighted by Gasteiger charge is 2.31. The molecule has 3 N–H and O–H groups in total. The molecular weight excluding hydrogens is 824 g/mol. The van der Waals surface area contributed by atoms with Crippen LogP contribution in [0.15, 0.2) is 89.6 Å². The lowest BCUT2D eigenvalue weighted by atomic mass is 9.72. The zero-order valence-corrected chi connectivity index (χ0v) is 36.8. The lowest BCUT2D eigenvalue weighted by Gasteiger charge is -2.39. The van der Waals surface area contributed by atoms with Gasteiger partial charge in [0.25, 0.3) is 11.6 Å². The number of carbonyl (C=O) groups is 1.